The Morgan fingerprint density at radius 1 is 1.28 bits per heavy atom. The molecule has 2 rings (SSSR count). The molecule has 0 aliphatic carbocycles. The Morgan fingerprint density at radius 3 is 2.67 bits per heavy atom. The van der Waals surface area contributed by atoms with Crippen molar-refractivity contribution in [2.75, 3.05) is 24.5 Å². The lowest BCUT2D eigenvalue weighted by atomic mass is 10.0. The first-order chi connectivity index (χ1) is 8.72. The van der Waals surface area contributed by atoms with Gasteiger partial charge in [-0.2, -0.15) is 0 Å². The predicted octanol–water partition coefficient (Wildman–Crippen LogP) is 2.52. The summed E-state index contributed by atoms with van der Waals surface area (Å²) in [5, 5.41) is 0. The molecule has 1 heterocycles. The molecule has 0 radical (unpaired) electrons. The Labute approximate surface area is 109 Å². The lowest BCUT2D eigenvalue weighted by Crippen LogP contribution is -2.31. The second-order valence-electron chi connectivity index (χ2n) is 5.03. The van der Waals surface area contributed by atoms with E-state index in [0.717, 1.165) is 29.9 Å². The van der Waals surface area contributed by atoms with Gasteiger partial charge in [0.25, 0.3) is 0 Å². The van der Waals surface area contributed by atoms with Crippen LogP contribution in [0.5, 0.6) is 0 Å². The van der Waals surface area contributed by atoms with Gasteiger partial charge in [0.15, 0.2) is 5.78 Å². The highest BCUT2D eigenvalue weighted by Gasteiger charge is 2.18. The van der Waals surface area contributed by atoms with E-state index >= 15 is 0 Å². The lowest BCUT2D eigenvalue weighted by Gasteiger charge is -2.30. The van der Waals surface area contributed by atoms with Gasteiger partial charge >= 0.3 is 0 Å². The van der Waals surface area contributed by atoms with Gasteiger partial charge in [-0.05, 0) is 44.9 Å². The van der Waals surface area contributed by atoms with Gasteiger partial charge < -0.3 is 10.6 Å². The third-order valence-electron chi connectivity index (χ3n) is 3.52. The van der Waals surface area contributed by atoms with Crippen LogP contribution < -0.4 is 10.6 Å². The molecule has 18 heavy (non-hydrogen) atoms. The van der Waals surface area contributed by atoms with Crippen molar-refractivity contribution in [3.63, 3.8) is 0 Å². The van der Waals surface area contributed by atoms with E-state index in [1.165, 1.54) is 19.3 Å². The third kappa shape index (κ3) is 2.91. The minimum Gasteiger partial charge on any atom is -0.371 e. The zero-order valence-electron chi connectivity index (χ0n) is 11.1. The predicted molar refractivity (Wildman–Crippen MR) is 75.2 cm³/mol. The highest BCUT2D eigenvalue weighted by atomic mass is 16.1. The quantitative estimate of drug-likeness (QED) is 0.830. The van der Waals surface area contributed by atoms with Gasteiger partial charge in [-0.15, -0.1) is 0 Å². The molecule has 98 valence electrons. The summed E-state index contributed by atoms with van der Waals surface area (Å²) in [6, 6.07) is 6.18. The van der Waals surface area contributed by atoms with E-state index in [2.05, 4.69) is 17.0 Å². The second-order valence-corrected chi connectivity index (χ2v) is 5.03. The number of hydrogen-bond donors (Lipinski definition) is 1. The minimum absolute atomic E-state index is 0.168. The molecule has 1 aliphatic rings. The topological polar surface area (TPSA) is 46.3 Å². The number of rotatable bonds is 4. The molecule has 0 spiro atoms. The van der Waals surface area contributed by atoms with Crippen LogP contribution in [0.4, 0.5) is 5.69 Å². The first-order valence-corrected chi connectivity index (χ1v) is 6.81. The number of nitrogens with zero attached hydrogens (tertiary/aromatic N) is 1. The number of Topliss-reactive ketones (excluding diaryl/α,β-unsaturated/α-hetero) is 1. The van der Waals surface area contributed by atoms with Crippen molar-refractivity contribution in [2.45, 2.75) is 32.6 Å². The third-order valence-corrected chi connectivity index (χ3v) is 3.52. The van der Waals surface area contributed by atoms with Crippen molar-refractivity contribution >= 4 is 11.5 Å². The number of carbonyl (C=O) groups is 1. The number of ketones is 1. The Morgan fingerprint density at radius 2 is 2.00 bits per heavy atom. The van der Waals surface area contributed by atoms with Crippen LogP contribution in [0.15, 0.2) is 18.2 Å². The van der Waals surface area contributed by atoms with E-state index in [4.69, 9.17) is 5.73 Å². The van der Waals surface area contributed by atoms with Crippen LogP contribution in [-0.4, -0.2) is 25.4 Å². The number of hydrogen-bond acceptors (Lipinski definition) is 3. The van der Waals surface area contributed by atoms with Crippen LogP contribution in [0.2, 0.25) is 0 Å². The van der Waals surface area contributed by atoms with Gasteiger partial charge in [0.1, 0.15) is 0 Å². The Balaban J connectivity index is 2.30. The van der Waals surface area contributed by atoms with Crippen LogP contribution in [-0.2, 0) is 0 Å². The first-order valence-electron chi connectivity index (χ1n) is 6.81. The normalized spacial score (nSPS) is 15.8. The molecule has 0 atom stereocenters. The van der Waals surface area contributed by atoms with Crippen molar-refractivity contribution in [3.05, 3.63) is 29.3 Å². The van der Waals surface area contributed by atoms with E-state index in [9.17, 15) is 4.79 Å². The summed E-state index contributed by atoms with van der Waals surface area (Å²) in [6.45, 7) is 4.57. The smallest absolute Gasteiger partial charge is 0.166 e. The fourth-order valence-electron chi connectivity index (χ4n) is 2.55. The van der Waals surface area contributed by atoms with Crippen LogP contribution >= 0.6 is 0 Å². The summed E-state index contributed by atoms with van der Waals surface area (Å²) in [7, 11) is 0. The molecule has 3 nitrogen and oxygen atoms in total. The molecule has 1 aromatic rings. The summed E-state index contributed by atoms with van der Waals surface area (Å²) < 4.78 is 0. The fraction of sp³-hybridized carbons (Fsp3) is 0.533. The summed E-state index contributed by atoms with van der Waals surface area (Å²) in [5.41, 5.74) is 8.58. The Bertz CT molecular complexity index is 423. The second kappa shape index (κ2) is 6.01. The molecular formula is C15H22N2O. The van der Waals surface area contributed by atoms with Crippen molar-refractivity contribution in [1.29, 1.82) is 0 Å². The number of benzene rings is 1. The van der Waals surface area contributed by atoms with E-state index in [-0.39, 0.29) is 5.78 Å². The molecule has 3 heteroatoms. The molecule has 1 aromatic carbocycles. The number of piperidine rings is 1. The summed E-state index contributed by atoms with van der Waals surface area (Å²) in [6.07, 6.45) is 4.18. The Kier molecular flexibility index (Phi) is 4.37. The fourth-order valence-corrected chi connectivity index (χ4v) is 2.55. The van der Waals surface area contributed by atoms with E-state index < -0.39 is 0 Å². The van der Waals surface area contributed by atoms with Gasteiger partial charge in [-0.1, -0.05) is 11.6 Å². The van der Waals surface area contributed by atoms with Gasteiger partial charge in [-0.3, -0.25) is 4.79 Å². The highest BCUT2D eigenvalue weighted by Crippen LogP contribution is 2.26. The molecule has 0 amide bonds. The molecule has 0 unspecified atom stereocenters. The van der Waals surface area contributed by atoms with Crippen molar-refractivity contribution in [3.8, 4) is 0 Å². The number of anilines is 1. The van der Waals surface area contributed by atoms with Gasteiger partial charge in [0.2, 0.25) is 0 Å². The molecule has 1 saturated heterocycles. The number of nitrogens with two attached hydrogens (primary N) is 1. The molecule has 1 aliphatic heterocycles. The van der Waals surface area contributed by atoms with Gasteiger partial charge in [0.05, 0.1) is 0 Å². The van der Waals surface area contributed by atoms with Crippen molar-refractivity contribution in [2.24, 2.45) is 5.73 Å². The number of aryl methyl sites for hydroxylation is 1. The van der Waals surface area contributed by atoms with Gasteiger partial charge in [0, 0.05) is 30.8 Å². The zero-order chi connectivity index (χ0) is 13.0. The minimum atomic E-state index is 0.168. The maximum Gasteiger partial charge on any atom is 0.166 e. The van der Waals surface area contributed by atoms with E-state index in [0.29, 0.717) is 13.0 Å². The van der Waals surface area contributed by atoms with Crippen LogP contribution in [0.3, 0.4) is 0 Å². The van der Waals surface area contributed by atoms with Crippen molar-refractivity contribution in [1.82, 2.24) is 0 Å². The van der Waals surface area contributed by atoms with Crippen LogP contribution in [0.25, 0.3) is 0 Å². The van der Waals surface area contributed by atoms with Crippen LogP contribution in [0, 0.1) is 6.92 Å². The molecule has 1 fully saturated rings. The van der Waals surface area contributed by atoms with Gasteiger partial charge in [-0.25, -0.2) is 0 Å². The average molecular weight is 246 g/mol. The highest BCUT2D eigenvalue weighted by molar-refractivity contribution is 6.01. The van der Waals surface area contributed by atoms with Crippen molar-refractivity contribution < 1.29 is 4.79 Å². The maximum atomic E-state index is 12.2. The zero-order valence-corrected chi connectivity index (χ0v) is 11.1. The first kappa shape index (κ1) is 13.1. The summed E-state index contributed by atoms with van der Waals surface area (Å²) in [4.78, 5) is 14.5. The molecule has 0 saturated carbocycles. The largest absolute Gasteiger partial charge is 0.371 e. The maximum absolute atomic E-state index is 12.2. The monoisotopic (exact) mass is 246 g/mol. The molecular weight excluding hydrogens is 224 g/mol. The molecule has 0 bridgehead atoms. The summed E-state index contributed by atoms with van der Waals surface area (Å²) in [5.74, 6) is 0.168. The van der Waals surface area contributed by atoms with E-state index in [1.54, 1.807) is 0 Å². The van der Waals surface area contributed by atoms with E-state index in [1.807, 2.05) is 13.0 Å². The lowest BCUT2D eigenvalue weighted by molar-refractivity contribution is 0.0986. The Hall–Kier alpha value is -1.35. The van der Waals surface area contributed by atoms with Crippen LogP contribution in [0.1, 0.15) is 41.6 Å². The molecule has 0 aromatic heterocycles. The number of carbonyl (C=O) groups excluding carboxylic acids is 1. The SMILES string of the molecule is Cc1ccc(N2CCCCC2)c(C(=O)CCN)c1. The summed E-state index contributed by atoms with van der Waals surface area (Å²) >= 11 is 0. The standard InChI is InChI=1S/C15H22N2O/c1-12-5-6-14(17-9-3-2-4-10-17)13(11-12)15(18)7-8-16/h5-6,11H,2-4,7-10,16H2,1H3. The molecule has 2 N–H and O–H groups in total. The average Bonchev–Trinajstić information content (AvgIpc) is 2.40.